The lowest BCUT2D eigenvalue weighted by Gasteiger charge is -2.12. The Kier molecular flexibility index (Phi) is 5.25. The van der Waals surface area contributed by atoms with Gasteiger partial charge in [-0.25, -0.2) is 0 Å². The summed E-state index contributed by atoms with van der Waals surface area (Å²) in [6.45, 7) is 2.52. The fourth-order valence-corrected chi connectivity index (χ4v) is 1.53. The van der Waals surface area contributed by atoms with Crippen LogP contribution in [0.1, 0.15) is 12.0 Å². The molecule has 1 amide bonds. The van der Waals surface area contributed by atoms with E-state index in [1.54, 1.807) is 26.3 Å². The van der Waals surface area contributed by atoms with Crippen LogP contribution in [0.3, 0.4) is 0 Å². The van der Waals surface area contributed by atoms with E-state index < -0.39 is 0 Å². The zero-order valence-electron chi connectivity index (χ0n) is 10.3. The molecule has 1 aromatic rings. The molecule has 0 bridgehead atoms. The molecule has 0 saturated heterocycles. The number of hydrogen-bond acceptors (Lipinski definition) is 3. The van der Waals surface area contributed by atoms with Gasteiger partial charge in [-0.05, 0) is 25.6 Å². The molecule has 1 rings (SSSR count). The summed E-state index contributed by atoms with van der Waals surface area (Å²) in [4.78, 5) is 11.6. The number of carbonyl (C=O) groups is 1. The Morgan fingerprint density at radius 2 is 2.18 bits per heavy atom. The quantitative estimate of drug-likeness (QED) is 0.849. The van der Waals surface area contributed by atoms with Crippen LogP contribution in [0.25, 0.3) is 0 Å². The van der Waals surface area contributed by atoms with Crippen LogP contribution in [0.4, 0.5) is 5.69 Å². The van der Waals surface area contributed by atoms with E-state index in [2.05, 4.69) is 10.6 Å². The second kappa shape index (κ2) is 6.47. The zero-order valence-corrected chi connectivity index (χ0v) is 11.0. The Hall–Kier alpha value is -1.26. The lowest BCUT2D eigenvalue weighted by atomic mass is 10.2. The van der Waals surface area contributed by atoms with Gasteiger partial charge in [0.05, 0.1) is 12.8 Å². The van der Waals surface area contributed by atoms with Gasteiger partial charge in [0.15, 0.2) is 0 Å². The third-order valence-corrected chi connectivity index (χ3v) is 2.76. The molecule has 94 valence electrons. The maximum Gasteiger partial charge on any atom is 0.225 e. The zero-order chi connectivity index (χ0) is 12.8. The second-order valence-corrected chi connectivity index (χ2v) is 4.11. The van der Waals surface area contributed by atoms with E-state index in [4.69, 9.17) is 16.3 Å². The Morgan fingerprint density at radius 3 is 2.76 bits per heavy atom. The monoisotopic (exact) mass is 256 g/mol. The van der Waals surface area contributed by atoms with Gasteiger partial charge in [-0.15, -0.1) is 0 Å². The van der Waals surface area contributed by atoms with E-state index in [9.17, 15) is 4.79 Å². The van der Waals surface area contributed by atoms with Crippen molar-refractivity contribution in [2.24, 2.45) is 0 Å². The first-order chi connectivity index (χ1) is 8.08. The number of carbonyl (C=O) groups excluding carboxylic acids is 1. The molecule has 0 spiro atoms. The van der Waals surface area contributed by atoms with Crippen LogP contribution in [-0.4, -0.2) is 26.6 Å². The van der Waals surface area contributed by atoms with Crippen molar-refractivity contribution in [3.05, 3.63) is 22.7 Å². The summed E-state index contributed by atoms with van der Waals surface area (Å²) < 4.78 is 5.17. The van der Waals surface area contributed by atoms with E-state index >= 15 is 0 Å². The predicted octanol–water partition coefficient (Wildman–Crippen LogP) is 2.21. The molecule has 0 aliphatic heterocycles. The van der Waals surface area contributed by atoms with Gasteiger partial charge in [-0.2, -0.15) is 0 Å². The maximum absolute atomic E-state index is 11.6. The Labute approximate surface area is 106 Å². The van der Waals surface area contributed by atoms with Crippen molar-refractivity contribution in [3.63, 3.8) is 0 Å². The first-order valence-electron chi connectivity index (χ1n) is 5.37. The number of anilines is 1. The highest BCUT2D eigenvalue weighted by Gasteiger charge is 2.09. The molecule has 17 heavy (non-hydrogen) atoms. The SMILES string of the molecule is CNCCC(=O)Nc1cc(C)c(Cl)cc1OC. The second-order valence-electron chi connectivity index (χ2n) is 3.70. The Bertz CT molecular complexity index is 408. The maximum atomic E-state index is 11.6. The molecule has 0 saturated carbocycles. The van der Waals surface area contributed by atoms with Gasteiger partial charge in [-0.3, -0.25) is 4.79 Å². The highest BCUT2D eigenvalue weighted by Crippen LogP contribution is 2.30. The molecule has 1 aromatic carbocycles. The van der Waals surface area contributed by atoms with Crippen LogP contribution in [-0.2, 0) is 4.79 Å². The molecule has 2 N–H and O–H groups in total. The summed E-state index contributed by atoms with van der Waals surface area (Å²) >= 11 is 5.98. The lowest BCUT2D eigenvalue weighted by molar-refractivity contribution is -0.116. The minimum absolute atomic E-state index is 0.0561. The van der Waals surface area contributed by atoms with Gasteiger partial charge < -0.3 is 15.4 Å². The summed E-state index contributed by atoms with van der Waals surface area (Å²) in [5.41, 5.74) is 1.55. The topological polar surface area (TPSA) is 50.4 Å². The van der Waals surface area contributed by atoms with E-state index in [-0.39, 0.29) is 5.91 Å². The summed E-state index contributed by atoms with van der Waals surface area (Å²) in [5.74, 6) is 0.512. The normalized spacial score (nSPS) is 10.1. The highest BCUT2D eigenvalue weighted by molar-refractivity contribution is 6.31. The number of methoxy groups -OCH3 is 1. The number of ether oxygens (including phenoxy) is 1. The minimum Gasteiger partial charge on any atom is -0.495 e. The highest BCUT2D eigenvalue weighted by atomic mass is 35.5. The van der Waals surface area contributed by atoms with Crippen LogP contribution in [0.15, 0.2) is 12.1 Å². The molecule has 0 atom stereocenters. The van der Waals surface area contributed by atoms with E-state index in [0.29, 0.717) is 29.4 Å². The number of aryl methyl sites for hydroxylation is 1. The van der Waals surface area contributed by atoms with E-state index in [0.717, 1.165) is 5.56 Å². The molecule has 0 heterocycles. The Balaban J connectivity index is 2.82. The van der Waals surface area contributed by atoms with Crippen molar-refractivity contribution < 1.29 is 9.53 Å². The van der Waals surface area contributed by atoms with Crippen LogP contribution in [0, 0.1) is 6.92 Å². The number of amides is 1. The molecule has 5 heteroatoms. The first kappa shape index (κ1) is 13.8. The van der Waals surface area contributed by atoms with Gasteiger partial charge in [0, 0.05) is 24.1 Å². The van der Waals surface area contributed by atoms with Crippen LogP contribution in [0.2, 0.25) is 5.02 Å². The third-order valence-electron chi connectivity index (χ3n) is 2.36. The van der Waals surface area contributed by atoms with E-state index in [1.165, 1.54) is 0 Å². The minimum atomic E-state index is -0.0561. The fraction of sp³-hybridized carbons (Fsp3) is 0.417. The number of rotatable bonds is 5. The Morgan fingerprint density at radius 1 is 1.47 bits per heavy atom. The van der Waals surface area contributed by atoms with Crippen molar-refractivity contribution >= 4 is 23.2 Å². The number of halogens is 1. The average Bonchev–Trinajstić information content (AvgIpc) is 2.31. The molecule has 0 radical (unpaired) electrons. The third kappa shape index (κ3) is 3.91. The molecule has 4 nitrogen and oxygen atoms in total. The van der Waals surface area contributed by atoms with Gasteiger partial charge in [0.1, 0.15) is 5.75 Å². The summed E-state index contributed by atoms with van der Waals surface area (Å²) in [5, 5.41) is 6.34. The molecule has 0 aromatic heterocycles. The lowest BCUT2D eigenvalue weighted by Crippen LogP contribution is -2.19. The summed E-state index contributed by atoms with van der Waals surface area (Å²) in [6, 6.07) is 3.50. The molecule has 0 fully saturated rings. The van der Waals surface area contributed by atoms with E-state index in [1.807, 2.05) is 6.92 Å². The van der Waals surface area contributed by atoms with Gasteiger partial charge >= 0.3 is 0 Å². The number of nitrogens with one attached hydrogen (secondary N) is 2. The van der Waals surface area contributed by atoms with Crippen LogP contribution >= 0.6 is 11.6 Å². The number of hydrogen-bond donors (Lipinski definition) is 2. The largest absolute Gasteiger partial charge is 0.495 e. The first-order valence-corrected chi connectivity index (χ1v) is 5.75. The smallest absolute Gasteiger partial charge is 0.225 e. The van der Waals surface area contributed by atoms with Gasteiger partial charge in [0.25, 0.3) is 0 Å². The van der Waals surface area contributed by atoms with Crippen molar-refractivity contribution in [3.8, 4) is 5.75 Å². The molecule has 0 aliphatic rings. The molecule has 0 aliphatic carbocycles. The molecular weight excluding hydrogens is 240 g/mol. The fourth-order valence-electron chi connectivity index (χ4n) is 1.38. The van der Waals surface area contributed by atoms with Crippen molar-refractivity contribution in [1.82, 2.24) is 5.32 Å². The molecular formula is C12H17ClN2O2. The van der Waals surface area contributed by atoms with Crippen LogP contribution in [0.5, 0.6) is 5.75 Å². The van der Waals surface area contributed by atoms with Crippen LogP contribution < -0.4 is 15.4 Å². The van der Waals surface area contributed by atoms with Crippen molar-refractivity contribution in [1.29, 1.82) is 0 Å². The average molecular weight is 257 g/mol. The standard InChI is InChI=1S/C12H17ClN2O2/c1-8-6-10(11(17-3)7-9(8)13)15-12(16)4-5-14-2/h6-7,14H,4-5H2,1-3H3,(H,15,16). The molecule has 0 unspecified atom stereocenters. The van der Waals surface area contributed by atoms with Crippen molar-refractivity contribution in [2.75, 3.05) is 26.0 Å². The van der Waals surface area contributed by atoms with Gasteiger partial charge in [-0.1, -0.05) is 11.6 Å². The van der Waals surface area contributed by atoms with Crippen molar-refractivity contribution in [2.45, 2.75) is 13.3 Å². The summed E-state index contributed by atoms with van der Waals surface area (Å²) in [7, 11) is 3.35. The van der Waals surface area contributed by atoms with Gasteiger partial charge in [0.2, 0.25) is 5.91 Å². The summed E-state index contributed by atoms with van der Waals surface area (Å²) in [6.07, 6.45) is 0.418. The number of benzene rings is 1. The predicted molar refractivity (Wildman–Crippen MR) is 69.9 cm³/mol.